The highest BCUT2D eigenvalue weighted by Gasteiger charge is 2.13. The van der Waals surface area contributed by atoms with E-state index in [1.807, 2.05) is 18.2 Å². The number of ether oxygens (including phenoxy) is 1. The number of ketones is 1. The number of rotatable bonds is 8. The van der Waals surface area contributed by atoms with Crippen LogP contribution in [0.15, 0.2) is 18.2 Å². The summed E-state index contributed by atoms with van der Waals surface area (Å²) in [5.41, 5.74) is 1.97. The summed E-state index contributed by atoms with van der Waals surface area (Å²) < 4.78 is 5.76. The molecule has 3 nitrogen and oxygen atoms in total. The van der Waals surface area contributed by atoms with Gasteiger partial charge in [0.2, 0.25) is 0 Å². The van der Waals surface area contributed by atoms with Crippen molar-refractivity contribution in [2.75, 3.05) is 26.2 Å². The second-order valence-corrected chi connectivity index (χ2v) is 6.45. The number of nitrogens with zero attached hydrogens (tertiary/aromatic N) is 1. The topological polar surface area (TPSA) is 29.5 Å². The molecule has 0 unspecified atom stereocenters. The van der Waals surface area contributed by atoms with Gasteiger partial charge in [-0.3, -0.25) is 4.79 Å². The number of carbonyl (C=O) groups excluding carboxylic acids is 1. The molecule has 1 aromatic rings. The van der Waals surface area contributed by atoms with Crippen LogP contribution in [-0.4, -0.2) is 36.9 Å². The van der Waals surface area contributed by atoms with Crippen molar-refractivity contribution in [2.45, 2.75) is 58.8 Å². The van der Waals surface area contributed by atoms with Crippen molar-refractivity contribution in [1.82, 2.24) is 4.90 Å². The first-order chi connectivity index (χ1) is 11.2. The van der Waals surface area contributed by atoms with Gasteiger partial charge in [0, 0.05) is 18.5 Å². The van der Waals surface area contributed by atoms with Crippen LogP contribution in [0.4, 0.5) is 0 Å². The van der Waals surface area contributed by atoms with Crippen molar-refractivity contribution in [1.29, 1.82) is 0 Å². The zero-order chi connectivity index (χ0) is 16.5. The molecule has 0 atom stereocenters. The molecule has 0 aliphatic carbocycles. The Morgan fingerprint density at radius 3 is 2.52 bits per heavy atom. The van der Waals surface area contributed by atoms with Crippen molar-refractivity contribution in [2.24, 2.45) is 0 Å². The first-order valence-corrected chi connectivity index (χ1v) is 9.25. The molecule has 1 aliphatic heterocycles. The maximum atomic E-state index is 12.5. The Balaban J connectivity index is 1.93. The fourth-order valence-corrected chi connectivity index (χ4v) is 3.15. The normalized spacial score (nSPS) is 16.1. The Morgan fingerprint density at radius 2 is 1.87 bits per heavy atom. The molecule has 2 rings (SSSR count). The highest BCUT2D eigenvalue weighted by atomic mass is 16.5. The summed E-state index contributed by atoms with van der Waals surface area (Å²) in [6.45, 7) is 8.14. The molecule has 23 heavy (non-hydrogen) atoms. The summed E-state index contributed by atoms with van der Waals surface area (Å²) >= 11 is 0. The maximum absolute atomic E-state index is 12.5. The number of aryl methyl sites for hydroxylation is 1. The molecule has 1 aromatic carbocycles. The average molecular weight is 317 g/mol. The standard InChI is InChI=1S/C20H31NO2/c1-3-15-23-20-10-9-18(16-17(20)4-2)19(22)11-14-21-12-7-5-6-8-13-21/h9-10,16H,3-8,11-15H2,1-2H3. The summed E-state index contributed by atoms with van der Waals surface area (Å²) in [5, 5.41) is 0. The first-order valence-electron chi connectivity index (χ1n) is 9.25. The smallest absolute Gasteiger partial charge is 0.164 e. The predicted molar refractivity (Wildman–Crippen MR) is 95.5 cm³/mol. The van der Waals surface area contributed by atoms with Crippen molar-refractivity contribution >= 4 is 5.78 Å². The van der Waals surface area contributed by atoms with Gasteiger partial charge in [-0.15, -0.1) is 0 Å². The van der Waals surface area contributed by atoms with Crippen LogP contribution >= 0.6 is 0 Å². The van der Waals surface area contributed by atoms with Gasteiger partial charge >= 0.3 is 0 Å². The number of Topliss-reactive ketones (excluding diaryl/α,β-unsaturated/α-hetero) is 1. The molecule has 3 heteroatoms. The van der Waals surface area contributed by atoms with E-state index in [0.717, 1.165) is 56.0 Å². The molecular weight excluding hydrogens is 286 g/mol. The van der Waals surface area contributed by atoms with E-state index in [1.165, 1.54) is 25.7 Å². The molecule has 0 amide bonds. The fourth-order valence-electron chi connectivity index (χ4n) is 3.15. The van der Waals surface area contributed by atoms with Crippen LogP contribution in [0.25, 0.3) is 0 Å². The van der Waals surface area contributed by atoms with E-state index in [-0.39, 0.29) is 5.78 Å². The Labute approximate surface area is 141 Å². The molecule has 0 aromatic heterocycles. The SMILES string of the molecule is CCCOc1ccc(C(=O)CCN2CCCCCC2)cc1CC. The molecule has 0 bridgehead atoms. The highest BCUT2D eigenvalue weighted by Crippen LogP contribution is 2.22. The Bertz CT molecular complexity index is 490. The Hall–Kier alpha value is -1.35. The second-order valence-electron chi connectivity index (χ2n) is 6.45. The van der Waals surface area contributed by atoms with Gasteiger partial charge in [0.25, 0.3) is 0 Å². The lowest BCUT2D eigenvalue weighted by Gasteiger charge is -2.19. The number of hydrogen-bond acceptors (Lipinski definition) is 3. The van der Waals surface area contributed by atoms with Gasteiger partial charge < -0.3 is 9.64 Å². The largest absolute Gasteiger partial charge is 0.493 e. The van der Waals surface area contributed by atoms with Gasteiger partial charge in [-0.2, -0.15) is 0 Å². The average Bonchev–Trinajstić information content (AvgIpc) is 2.86. The molecule has 128 valence electrons. The minimum Gasteiger partial charge on any atom is -0.493 e. The molecule has 0 saturated carbocycles. The third kappa shape index (κ3) is 5.65. The predicted octanol–water partition coefficient (Wildman–Crippen LogP) is 4.49. The second kappa shape index (κ2) is 9.71. The molecule has 1 saturated heterocycles. The molecule has 0 spiro atoms. The molecule has 1 fully saturated rings. The molecule has 1 heterocycles. The zero-order valence-electron chi connectivity index (χ0n) is 14.8. The van der Waals surface area contributed by atoms with Crippen LogP contribution in [-0.2, 0) is 6.42 Å². The molecular formula is C20H31NO2. The monoisotopic (exact) mass is 317 g/mol. The summed E-state index contributed by atoms with van der Waals surface area (Å²) in [6, 6.07) is 5.92. The summed E-state index contributed by atoms with van der Waals surface area (Å²) in [4.78, 5) is 14.9. The Morgan fingerprint density at radius 1 is 1.13 bits per heavy atom. The van der Waals surface area contributed by atoms with Crippen LogP contribution < -0.4 is 4.74 Å². The molecule has 0 N–H and O–H groups in total. The van der Waals surface area contributed by atoms with Crippen LogP contribution in [0.5, 0.6) is 5.75 Å². The van der Waals surface area contributed by atoms with E-state index in [1.54, 1.807) is 0 Å². The minimum atomic E-state index is 0.256. The minimum absolute atomic E-state index is 0.256. The number of carbonyl (C=O) groups is 1. The highest BCUT2D eigenvalue weighted by molar-refractivity contribution is 5.96. The van der Waals surface area contributed by atoms with Crippen LogP contribution in [0.2, 0.25) is 0 Å². The van der Waals surface area contributed by atoms with Gasteiger partial charge in [0.1, 0.15) is 5.75 Å². The number of benzene rings is 1. The quantitative estimate of drug-likeness (QED) is 0.662. The van der Waals surface area contributed by atoms with Crippen molar-refractivity contribution in [3.05, 3.63) is 29.3 Å². The van der Waals surface area contributed by atoms with E-state index in [4.69, 9.17) is 4.74 Å². The van der Waals surface area contributed by atoms with Gasteiger partial charge in [0.05, 0.1) is 6.61 Å². The Kier molecular flexibility index (Phi) is 7.60. The summed E-state index contributed by atoms with van der Waals surface area (Å²) in [6.07, 6.45) is 7.74. The lowest BCUT2D eigenvalue weighted by atomic mass is 10.0. The van der Waals surface area contributed by atoms with E-state index in [2.05, 4.69) is 18.7 Å². The maximum Gasteiger partial charge on any atom is 0.164 e. The lowest BCUT2D eigenvalue weighted by molar-refractivity contribution is 0.0964. The molecule has 1 aliphatic rings. The summed E-state index contributed by atoms with van der Waals surface area (Å²) in [5.74, 6) is 1.18. The molecule has 0 radical (unpaired) electrons. The number of hydrogen-bond donors (Lipinski definition) is 0. The van der Waals surface area contributed by atoms with Gasteiger partial charge in [-0.1, -0.05) is 26.7 Å². The van der Waals surface area contributed by atoms with E-state index < -0.39 is 0 Å². The van der Waals surface area contributed by atoms with Crippen LogP contribution in [0.1, 0.15) is 68.3 Å². The first kappa shape index (κ1) is 18.0. The third-order valence-corrected chi connectivity index (χ3v) is 4.58. The lowest BCUT2D eigenvalue weighted by Crippen LogP contribution is -2.27. The van der Waals surface area contributed by atoms with Crippen LogP contribution in [0, 0.1) is 0 Å². The third-order valence-electron chi connectivity index (χ3n) is 4.58. The van der Waals surface area contributed by atoms with Gasteiger partial charge in [0.15, 0.2) is 5.78 Å². The number of likely N-dealkylation sites (tertiary alicyclic amines) is 1. The van der Waals surface area contributed by atoms with Crippen LogP contribution in [0.3, 0.4) is 0 Å². The zero-order valence-corrected chi connectivity index (χ0v) is 14.8. The van der Waals surface area contributed by atoms with Crippen molar-refractivity contribution in [3.8, 4) is 5.75 Å². The van der Waals surface area contributed by atoms with Gasteiger partial charge in [-0.25, -0.2) is 0 Å². The van der Waals surface area contributed by atoms with Crippen molar-refractivity contribution < 1.29 is 9.53 Å². The van der Waals surface area contributed by atoms with Gasteiger partial charge in [-0.05, 0) is 62.5 Å². The fraction of sp³-hybridized carbons (Fsp3) is 0.650. The summed E-state index contributed by atoms with van der Waals surface area (Å²) in [7, 11) is 0. The van der Waals surface area contributed by atoms with E-state index >= 15 is 0 Å². The van der Waals surface area contributed by atoms with E-state index in [9.17, 15) is 4.79 Å². The van der Waals surface area contributed by atoms with Crippen molar-refractivity contribution in [3.63, 3.8) is 0 Å². The van der Waals surface area contributed by atoms with E-state index in [0.29, 0.717) is 6.42 Å².